The number of nitrogens with one attached hydrogen (secondary N) is 1. The SMILES string of the molecule is CCN1CCN(c2ccc(F)cc2C(C)NC(=O)CCSc2ccccc2)CC1. The number of benzene rings is 2. The van der Waals surface area contributed by atoms with Gasteiger partial charge in [-0.2, -0.15) is 0 Å². The van der Waals surface area contributed by atoms with Gasteiger partial charge in [-0.1, -0.05) is 25.1 Å². The second-order valence-corrected chi connectivity index (χ2v) is 8.49. The summed E-state index contributed by atoms with van der Waals surface area (Å²) in [6.07, 6.45) is 0.434. The highest BCUT2D eigenvalue weighted by molar-refractivity contribution is 7.99. The molecule has 0 aliphatic carbocycles. The molecule has 0 aromatic heterocycles. The Morgan fingerprint density at radius 1 is 1.14 bits per heavy atom. The third-order valence-corrected chi connectivity index (χ3v) is 6.35. The lowest BCUT2D eigenvalue weighted by molar-refractivity contribution is -0.121. The summed E-state index contributed by atoms with van der Waals surface area (Å²) in [5, 5.41) is 3.05. The molecule has 0 spiro atoms. The second-order valence-electron chi connectivity index (χ2n) is 7.33. The summed E-state index contributed by atoms with van der Waals surface area (Å²) in [6, 6.07) is 14.7. The summed E-state index contributed by atoms with van der Waals surface area (Å²) in [4.78, 5) is 18.3. The van der Waals surface area contributed by atoms with Crippen LogP contribution >= 0.6 is 11.8 Å². The fourth-order valence-electron chi connectivity index (χ4n) is 3.63. The monoisotopic (exact) mass is 415 g/mol. The van der Waals surface area contributed by atoms with Crippen LogP contribution in [0.5, 0.6) is 0 Å². The van der Waals surface area contributed by atoms with Crippen LogP contribution in [0.3, 0.4) is 0 Å². The van der Waals surface area contributed by atoms with Crippen LogP contribution in [0.2, 0.25) is 0 Å². The van der Waals surface area contributed by atoms with E-state index >= 15 is 0 Å². The van der Waals surface area contributed by atoms with E-state index in [0.29, 0.717) is 6.42 Å². The fraction of sp³-hybridized carbons (Fsp3) is 0.435. The van der Waals surface area contributed by atoms with E-state index in [9.17, 15) is 9.18 Å². The third kappa shape index (κ3) is 6.21. The van der Waals surface area contributed by atoms with Crippen LogP contribution in [-0.2, 0) is 4.79 Å². The maximum absolute atomic E-state index is 14.0. The number of halogens is 1. The molecule has 2 aromatic rings. The Bertz CT molecular complexity index is 794. The molecule has 1 N–H and O–H groups in total. The van der Waals surface area contributed by atoms with E-state index in [1.807, 2.05) is 43.3 Å². The van der Waals surface area contributed by atoms with Gasteiger partial charge in [0.05, 0.1) is 6.04 Å². The molecular weight excluding hydrogens is 385 g/mol. The van der Waals surface area contributed by atoms with E-state index in [4.69, 9.17) is 0 Å². The molecule has 1 atom stereocenters. The third-order valence-electron chi connectivity index (χ3n) is 5.33. The van der Waals surface area contributed by atoms with Gasteiger partial charge in [-0.15, -0.1) is 11.8 Å². The van der Waals surface area contributed by atoms with Crippen LogP contribution in [0.4, 0.5) is 10.1 Å². The summed E-state index contributed by atoms with van der Waals surface area (Å²) >= 11 is 1.67. The molecule has 1 unspecified atom stereocenters. The van der Waals surface area contributed by atoms with Gasteiger partial charge in [0.1, 0.15) is 5.82 Å². The molecule has 3 rings (SSSR count). The van der Waals surface area contributed by atoms with Crippen LogP contribution in [0, 0.1) is 5.82 Å². The van der Waals surface area contributed by atoms with Gasteiger partial charge in [-0.3, -0.25) is 4.79 Å². The maximum Gasteiger partial charge on any atom is 0.221 e. The fourth-order valence-corrected chi connectivity index (χ4v) is 4.51. The van der Waals surface area contributed by atoms with Gasteiger partial charge in [0.15, 0.2) is 0 Å². The van der Waals surface area contributed by atoms with Crippen molar-refractivity contribution >= 4 is 23.4 Å². The van der Waals surface area contributed by atoms with Crippen molar-refractivity contribution < 1.29 is 9.18 Å². The van der Waals surface area contributed by atoms with Crippen molar-refractivity contribution in [1.29, 1.82) is 0 Å². The molecule has 6 heteroatoms. The Kier molecular flexibility index (Phi) is 7.95. The highest BCUT2D eigenvalue weighted by Crippen LogP contribution is 2.28. The zero-order valence-electron chi connectivity index (χ0n) is 17.2. The van der Waals surface area contributed by atoms with Crippen LogP contribution < -0.4 is 10.2 Å². The van der Waals surface area contributed by atoms with Gasteiger partial charge < -0.3 is 15.1 Å². The Morgan fingerprint density at radius 2 is 1.86 bits per heavy atom. The summed E-state index contributed by atoms with van der Waals surface area (Å²) < 4.78 is 14.0. The van der Waals surface area contributed by atoms with Gasteiger partial charge in [0, 0.05) is 54.5 Å². The summed E-state index contributed by atoms with van der Waals surface area (Å²) in [5.41, 5.74) is 1.87. The zero-order chi connectivity index (χ0) is 20.6. The lowest BCUT2D eigenvalue weighted by Gasteiger charge is -2.37. The number of amides is 1. The molecule has 29 heavy (non-hydrogen) atoms. The smallest absolute Gasteiger partial charge is 0.221 e. The van der Waals surface area contributed by atoms with Crippen molar-refractivity contribution in [2.24, 2.45) is 0 Å². The Morgan fingerprint density at radius 3 is 2.55 bits per heavy atom. The first-order valence-corrected chi connectivity index (χ1v) is 11.3. The largest absolute Gasteiger partial charge is 0.369 e. The van der Waals surface area contributed by atoms with Crippen molar-refractivity contribution in [2.45, 2.75) is 31.2 Å². The van der Waals surface area contributed by atoms with E-state index in [1.54, 1.807) is 17.8 Å². The molecule has 1 amide bonds. The molecule has 0 saturated carbocycles. The van der Waals surface area contributed by atoms with Crippen LogP contribution in [0.25, 0.3) is 0 Å². The van der Waals surface area contributed by atoms with Crippen molar-refractivity contribution in [1.82, 2.24) is 10.2 Å². The number of nitrogens with zero attached hydrogens (tertiary/aromatic N) is 2. The first-order chi connectivity index (χ1) is 14.1. The number of thioether (sulfide) groups is 1. The predicted octanol–water partition coefficient (Wildman–Crippen LogP) is 4.33. The molecule has 1 heterocycles. The van der Waals surface area contributed by atoms with Gasteiger partial charge in [0.25, 0.3) is 0 Å². The van der Waals surface area contributed by atoms with E-state index in [0.717, 1.165) is 54.6 Å². The number of anilines is 1. The van der Waals surface area contributed by atoms with Gasteiger partial charge >= 0.3 is 0 Å². The minimum atomic E-state index is -0.267. The van der Waals surface area contributed by atoms with Crippen molar-refractivity contribution in [3.05, 3.63) is 59.9 Å². The van der Waals surface area contributed by atoms with Crippen LogP contribution in [-0.4, -0.2) is 49.3 Å². The Balaban J connectivity index is 1.58. The number of hydrogen-bond donors (Lipinski definition) is 1. The minimum Gasteiger partial charge on any atom is -0.369 e. The van der Waals surface area contributed by atoms with Gasteiger partial charge in [-0.25, -0.2) is 4.39 Å². The molecule has 2 aromatic carbocycles. The van der Waals surface area contributed by atoms with Crippen LogP contribution in [0.1, 0.15) is 31.9 Å². The molecule has 4 nitrogen and oxygen atoms in total. The molecule has 0 radical (unpaired) electrons. The van der Waals surface area contributed by atoms with E-state index in [-0.39, 0.29) is 17.8 Å². The molecule has 0 bridgehead atoms. The lowest BCUT2D eigenvalue weighted by Crippen LogP contribution is -2.46. The first kappa shape index (κ1) is 21.7. The highest BCUT2D eigenvalue weighted by atomic mass is 32.2. The number of rotatable bonds is 8. The average molecular weight is 416 g/mol. The molecule has 156 valence electrons. The lowest BCUT2D eigenvalue weighted by atomic mass is 10.0. The second kappa shape index (κ2) is 10.6. The normalized spacial score (nSPS) is 15.9. The van der Waals surface area contributed by atoms with Crippen molar-refractivity contribution in [3.8, 4) is 0 Å². The number of hydrogen-bond acceptors (Lipinski definition) is 4. The number of piperazine rings is 1. The Labute approximate surface area is 177 Å². The van der Waals surface area contributed by atoms with Crippen molar-refractivity contribution in [3.63, 3.8) is 0 Å². The summed E-state index contributed by atoms with van der Waals surface area (Å²) in [7, 11) is 0. The minimum absolute atomic E-state index is 0.00746. The zero-order valence-corrected chi connectivity index (χ0v) is 18.1. The number of carbonyl (C=O) groups is 1. The predicted molar refractivity (Wildman–Crippen MR) is 119 cm³/mol. The first-order valence-electron chi connectivity index (χ1n) is 10.3. The maximum atomic E-state index is 14.0. The van der Waals surface area contributed by atoms with Gasteiger partial charge in [-0.05, 0) is 43.8 Å². The summed E-state index contributed by atoms with van der Waals surface area (Å²) in [5.74, 6) is 0.445. The van der Waals surface area contributed by atoms with Crippen molar-refractivity contribution in [2.75, 3.05) is 43.4 Å². The van der Waals surface area contributed by atoms with E-state index < -0.39 is 0 Å². The van der Waals surface area contributed by atoms with Gasteiger partial charge in [0.2, 0.25) is 5.91 Å². The molecule has 1 fully saturated rings. The quantitative estimate of drug-likeness (QED) is 0.651. The molecule has 1 aliphatic rings. The molecule has 1 aliphatic heterocycles. The Hall–Kier alpha value is -2.05. The molecule has 1 saturated heterocycles. The summed E-state index contributed by atoms with van der Waals surface area (Å²) in [6.45, 7) is 9.00. The number of carbonyl (C=O) groups excluding carboxylic acids is 1. The highest BCUT2D eigenvalue weighted by Gasteiger charge is 2.21. The number of likely N-dealkylation sites (N-methyl/N-ethyl adjacent to an activating group) is 1. The van der Waals surface area contributed by atoms with E-state index in [2.05, 4.69) is 22.0 Å². The van der Waals surface area contributed by atoms with Crippen LogP contribution in [0.15, 0.2) is 53.4 Å². The average Bonchev–Trinajstić information content (AvgIpc) is 2.74. The standard InChI is InChI=1S/C23H30FN3OS/c1-3-26-12-14-27(15-13-26)22-10-9-19(24)17-21(22)18(2)25-23(28)11-16-29-20-7-5-4-6-8-20/h4-10,17-18H,3,11-16H2,1-2H3,(H,25,28). The van der Waals surface area contributed by atoms with E-state index in [1.165, 1.54) is 6.07 Å². The molecular formula is C23H30FN3OS. The topological polar surface area (TPSA) is 35.6 Å².